The summed E-state index contributed by atoms with van der Waals surface area (Å²) >= 11 is 0. The van der Waals surface area contributed by atoms with Gasteiger partial charge in [-0.1, -0.05) is 6.92 Å². The molecule has 3 nitrogen and oxygen atoms in total. The molecule has 2 heterocycles. The highest BCUT2D eigenvalue weighted by Crippen LogP contribution is 2.19. The first-order valence-electron chi connectivity index (χ1n) is 4.55. The van der Waals surface area contributed by atoms with Crippen molar-refractivity contribution in [3.8, 4) is 0 Å². The number of hydrogen-bond acceptors (Lipinski definition) is 2. The SMILES string of the molecule is CC(CN)c1cc2ncc(F)cc2[nH]1. The smallest absolute Gasteiger partial charge is 0.143 e. The monoisotopic (exact) mass is 193 g/mol. The number of H-pyrrole nitrogens is 1. The van der Waals surface area contributed by atoms with Gasteiger partial charge >= 0.3 is 0 Å². The van der Waals surface area contributed by atoms with E-state index < -0.39 is 0 Å². The number of halogens is 1. The van der Waals surface area contributed by atoms with Gasteiger partial charge in [0.2, 0.25) is 0 Å². The van der Waals surface area contributed by atoms with E-state index in [1.807, 2.05) is 13.0 Å². The van der Waals surface area contributed by atoms with E-state index in [4.69, 9.17) is 5.73 Å². The van der Waals surface area contributed by atoms with Crippen molar-refractivity contribution in [2.75, 3.05) is 6.54 Å². The summed E-state index contributed by atoms with van der Waals surface area (Å²) in [4.78, 5) is 7.08. The average Bonchev–Trinajstić information content (AvgIpc) is 2.59. The molecule has 0 spiro atoms. The van der Waals surface area contributed by atoms with Crippen molar-refractivity contribution in [2.45, 2.75) is 12.8 Å². The summed E-state index contributed by atoms with van der Waals surface area (Å²) in [6.07, 6.45) is 1.22. The fraction of sp³-hybridized carbons (Fsp3) is 0.300. The summed E-state index contributed by atoms with van der Waals surface area (Å²) < 4.78 is 12.8. The predicted octanol–water partition coefficient (Wildman–Crippen LogP) is 1.76. The molecule has 3 N–H and O–H groups in total. The van der Waals surface area contributed by atoms with Crippen molar-refractivity contribution in [3.63, 3.8) is 0 Å². The maximum absolute atomic E-state index is 12.8. The molecule has 2 aromatic rings. The minimum Gasteiger partial charge on any atom is -0.357 e. The first-order chi connectivity index (χ1) is 6.70. The van der Waals surface area contributed by atoms with Crippen LogP contribution in [0.2, 0.25) is 0 Å². The molecule has 2 rings (SSSR count). The zero-order valence-electron chi connectivity index (χ0n) is 7.92. The van der Waals surface area contributed by atoms with Crippen LogP contribution in [-0.2, 0) is 0 Å². The third-order valence-electron chi connectivity index (χ3n) is 2.34. The molecule has 0 aliphatic rings. The highest BCUT2D eigenvalue weighted by atomic mass is 19.1. The molecular formula is C10H12FN3. The molecule has 74 valence electrons. The number of nitrogens with zero attached hydrogens (tertiary/aromatic N) is 1. The van der Waals surface area contributed by atoms with Crippen molar-refractivity contribution in [3.05, 3.63) is 29.8 Å². The third kappa shape index (κ3) is 1.48. The minimum absolute atomic E-state index is 0.243. The number of aromatic amines is 1. The van der Waals surface area contributed by atoms with Gasteiger partial charge in [0.05, 0.1) is 17.2 Å². The molecule has 0 aliphatic carbocycles. The number of pyridine rings is 1. The average molecular weight is 193 g/mol. The first-order valence-corrected chi connectivity index (χ1v) is 4.55. The van der Waals surface area contributed by atoms with Crippen molar-refractivity contribution >= 4 is 11.0 Å². The molecule has 0 radical (unpaired) electrons. The van der Waals surface area contributed by atoms with E-state index in [9.17, 15) is 4.39 Å². The lowest BCUT2D eigenvalue weighted by Crippen LogP contribution is -2.08. The van der Waals surface area contributed by atoms with Gasteiger partial charge in [0.25, 0.3) is 0 Å². The number of nitrogens with two attached hydrogens (primary N) is 1. The molecule has 0 saturated carbocycles. The van der Waals surface area contributed by atoms with E-state index in [0.29, 0.717) is 6.54 Å². The van der Waals surface area contributed by atoms with Crippen LogP contribution in [0.3, 0.4) is 0 Å². The maximum atomic E-state index is 12.8. The normalized spacial score (nSPS) is 13.4. The zero-order chi connectivity index (χ0) is 10.1. The van der Waals surface area contributed by atoms with Crippen LogP contribution < -0.4 is 5.73 Å². The molecule has 1 unspecified atom stereocenters. The van der Waals surface area contributed by atoms with Gasteiger partial charge in [0.1, 0.15) is 5.82 Å². The second-order valence-electron chi connectivity index (χ2n) is 3.45. The largest absolute Gasteiger partial charge is 0.357 e. The Kier molecular flexibility index (Phi) is 2.21. The van der Waals surface area contributed by atoms with Gasteiger partial charge in [-0.15, -0.1) is 0 Å². The fourth-order valence-corrected chi connectivity index (χ4v) is 1.40. The molecule has 1 atom stereocenters. The van der Waals surface area contributed by atoms with Crippen LogP contribution in [0.4, 0.5) is 4.39 Å². The van der Waals surface area contributed by atoms with Crippen LogP contribution in [0.25, 0.3) is 11.0 Å². The summed E-state index contributed by atoms with van der Waals surface area (Å²) in [5, 5.41) is 0. The van der Waals surface area contributed by atoms with Crippen molar-refractivity contribution in [2.24, 2.45) is 5.73 Å². The lowest BCUT2D eigenvalue weighted by Gasteiger charge is -2.03. The highest BCUT2D eigenvalue weighted by molar-refractivity contribution is 5.75. The Morgan fingerprint density at radius 1 is 1.57 bits per heavy atom. The number of fused-ring (bicyclic) bond motifs is 1. The standard InChI is InChI=1S/C10H12FN3/c1-6(4-12)8-3-9-10(14-8)2-7(11)5-13-9/h2-3,5-6,14H,4,12H2,1H3. The number of aromatic nitrogens is 2. The van der Waals surface area contributed by atoms with Gasteiger partial charge in [-0.3, -0.25) is 4.98 Å². The Morgan fingerprint density at radius 3 is 3.07 bits per heavy atom. The summed E-state index contributed by atoms with van der Waals surface area (Å²) in [5.41, 5.74) is 8.04. The molecule has 0 amide bonds. The summed E-state index contributed by atoms with van der Waals surface area (Å²) in [5.74, 6) is -0.0847. The number of hydrogen-bond donors (Lipinski definition) is 2. The molecule has 4 heteroatoms. The fourth-order valence-electron chi connectivity index (χ4n) is 1.40. The van der Waals surface area contributed by atoms with Crippen LogP contribution in [0, 0.1) is 5.82 Å². The molecule has 14 heavy (non-hydrogen) atoms. The van der Waals surface area contributed by atoms with E-state index in [1.165, 1.54) is 12.3 Å². The van der Waals surface area contributed by atoms with Gasteiger partial charge in [-0.25, -0.2) is 4.39 Å². The van der Waals surface area contributed by atoms with E-state index in [1.54, 1.807) is 0 Å². The van der Waals surface area contributed by atoms with Gasteiger partial charge in [0, 0.05) is 24.2 Å². The van der Waals surface area contributed by atoms with Gasteiger partial charge in [-0.2, -0.15) is 0 Å². The lowest BCUT2D eigenvalue weighted by molar-refractivity contribution is 0.624. The Bertz CT molecular complexity index is 450. The zero-order valence-corrected chi connectivity index (χ0v) is 7.92. The van der Waals surface area contributed by atoms with E-state index >= 15 is 0 Å². The number of nitrogens with one attached hydrogen (secondary N) is 1. The Labute approximate surface area is 81.1 Å². The Morgan fingerprint density at radius 2 is 2.36 bits per heavy atom. The predicted molar refractivity (Wildman–Crippen MR) is 53.5 cm³/mol. The van der Waals surface area contributed by atoms with E-state index in [-0.39, 0.29) is 11.7 Å². The minimum atomic E-state index is -0.327. The Hall–Kier alpha value is -1.42. The van der Waals surface area contributed by atoms with E-state index in [2.05, 4.69) is 9.97 Å². The highest BCUT2D eigenvalue weighted by Gasteiger charge is 2.08. The lowest BCUT2D eigenvalue weighted by atomic mass is 10.1. The van der Waals surface area contributed by atoms with Crippen molar-refractivity contribution < 1.29 is 4.39 Å². The van der Waals surface area contributed by atoms with Crippen LogP contribution in [0.15, 0.2) is 18.3 Å². The molecule has 0 aromatic carbocycles. The van der Waals surface area contributed by atoms with Crippen LogP contribution in [0.5, 0.6) is 0 Å². The molecule has 0 aliphatic heterocycles. The summed E-state index contributed by atoms with van der Waals surface area (Å²) in [7, 11) is 0. The van der Waals surface area contributed by atoms with Crippen LogP contribution in [0.1, 0.15) is 18.5 Å². The summed E-state index contributed by atoms with van der Waals surface area (Å²) in [6, 6.07) is 3.35. The topological polar surface area (TPSA) is 54.7 Å². The first kappa shape index (κ1) is 9.15. The van der Waals surface area contributed by atoms with Gasteiger partial charge in [0.15, 0.2) is 0 Å². The number of rotatable bonds is 2. The molecule has 0 saturated heterocycles. The molecule has 0 bridgehead atoms. The Balaban J connectivity index is 2.51. The quantitative estimate of drug-likeness (QED) is 0.763. The van der Waals surface area contributed by atoms with E-state index in [0.717, 1.165) is 16.7 Å². The second-order valence-corrected chi connectivity index (χ2v) is 3.45. The van der Waals surface area contributed by atoms with Gasteiger partial charge < -0.3 is 10.7 Å². The van der Waals surface area contributed by atoms with Crippen molar-refractivity contribution in [1.29, 1.82) is 0 Å². The van der Waals surface area contributed by atoms with Gasteiger partial charge in [-0.05, 0) is 6.07 Å². The van der Waals surface area contributed by atoms with Crippen LogP contribution >= 0.6 is 0 Å². The molecule has 2 aromatic heterocycles. The van der Waals surface area contributed by atoms with Crippen molar-refractivity contribution in [1.82, 2.24) is 9.97 Å². The second kappa shape index (κ2) is 3.38. The van der Waals surface area contributed by atoms with Crippen LogP contribution in [-0.4, -0.2) is 16.5 Å². The third-order valence-corrected chi connectivity index (χ3v) is 2.34. The summed E-state index contributed by atoms with van der Waals surface area (Å²) in [6.45, 7) is 2.58. The molecular weight excluding hydrogens is 181 g/mol. The molecule has 0 fully saturated rings. The maximum Gasteiger partial charge on any atom is 0.143 e.